The van der Waals surface area contributed by atoms with Crippen LogP contribution in [-0.4, -0.2) is 19.0 Å². The highest BCUT2D eigenvalue weighted by molar-refractivity contribution is 5.59. The maximum Gasteiger partial charge on any atom is 0.124 e. The van der Waals surface area contributed by atoms with Gasteiger partial charge >= 0.3 is 0 Å². The van der Waals surface area contributed by atoms with Crippen LogP contribution in [0.5, 0.6) is 0 Å². The highest BCUT2D eigenvalue weighted by Gasteiger charge is 2.66. The van der Waals surface area contributed by atoms with Crippen molar-refractivity contribution in [3.8, 4) is 0 Å². The summed E-state index contributed by atoms with van der Waals surface area (Å²) in [6.45, 7) is 0.890. The Bertz CT molecular complexity index is 220. The zero-order valence-corrected chi connectivity index (χ0v) is 7.16. The Morgan fingerprint density at radius 2 is 2.25 bits per heavy atom. The number of rotatable bonds is 1. The van der Waals surface area contributed by atoms with Crippen molar-refractivity contribution in [3.63, 3.8) is 0 Å². The Labute approximate surface area is 72.3 Å². The molecule has 3 aliphatic rings. The molecule has 0 radical (unpaired) electrons. The van der Waals surface area contributed by atoms with E-state index in [0.717, 1.165) is 13.0 Å². The topological polar surface area (TPSA) is 26.3 Å². The summed E-state index contributed by atoms with van der Waals surface area (Å²) < 4.78 is 5.68. The van der Waals surface area contributed by atoms with E-state index in [0.29, 0.717) is 23.4 Å². The maximum atomic E-state index is 10.9. The van der Waals surface area contributed by atoms with Crippen molar-refractivity contribution in [2.75, 3.05) is 6.61 Å². The summed E-state index contributed by atoms with van der Waals surface area (Å²) in [5.41, 5.74) is 0.322. The Kier molecular flexibility index (Phi) is 1.24. The van der Waals surface area contributed by atoms with Crippen LogP contribution >= 0.6 is 0 Å². The number of carbonyl (C=O) groups is 1. The monoisotopic (exact) mass is 166 g/mol. The normalized spacial score (nSPS) is 47.8. The Morgan fingerprint density at radius 1 is 1.42 bits per heavy atom. The fourth-order valence-corrected chi connectivity index (χ4v) is 3.50. The molecule has 0 aromatic rings. The van der Waals surface area contributed by atoms with Crippen LogP contribution in [0.15, 0.2) is 0 Å². The van der Waals surface area contributed by atoms with Gasteiger partial charge in [0.2, 0.25) is 0 Å². The number of fused-ring (bicyclic) bond motifs is 2. The van der Waals surface area contributed by atoms with Crippen molar-refractivity contribution < 1.29 is 9.53 Å². The third-order valence-electron chi connectivity index (χ3n) is 4.26. The molecule has 0 bridgehead atoms. The molecule has 1 heterocycles. The van der Waals surface area contributed by atoms with Crippen molar-refractivity contribution in [1.82, 2.24) is 0 Å². The molecule has 3 atom stereocenters. The fourth-order valence-electron chi connectivity index (χ4n) is 3.50. The van der Waals surface area contributed by atoms with Gasteiger partial charge in [0.25, 0.3) is 0 Å². The van der Waals surface area contributed by atoms with Crippen LogP contribution < -0.4 is 0 Å². The lowest BCUT2D eigenvalue weighted by atomic mass is 9.44. The van der Waals surface area contributed by atoms with Crippen LogP contribution in [0.25, 0.3) is 0 Å². The van der Waals surface area contributed by atoms with E-state index in [2.05, 4.69) is 0 Å². The fraction of sp³-hybridized carbons (Fsp3) is 0.900. The lowest BCUT2D eigenvalue weighted by Crippen LogP contribution is -2.63. The number of hydrogen-bond donors (Lipinski definition) is 0. The molecular weight excluding hydrogens is 152 g/mol. The molecule has 0 aromatic carbocycles. The zero-order valence-electron chi connectivity index (χ0n) is 7.16. The minimum atomic E-state index is 0.322. The minimum absolute atomic E-state index is 0.322. The molecule has 2 nitrogen and oxygen atoms in total. The number of hydrogen-bond acceptors (Lipinski definition) is 2. The van der Waals surface area contributed by atoms with Gasteiger partial charge in [-0.3, -0.25) is 0 Å². The first kappa shape index (κ1) is 7.07. The predicted molar refractivity (Wildman–Crippen MR) is 43.7 cm³/mol. The minimum Gasteiger partial charge on any atom is -0.377 e. The van der Waals surface area contributed by atoms with Gasteiger partial charge < -0.3 is 9.53 Å². The Morgan fingerprint density at radius 3 is 2.83 bits per heavy atom. The smallest absolute Gasteiger partial charge is 0.124 e. The summed E-state index contributed by atoms with van der Waals surface area (Å²) >= 11 is 0. The van der Waals surface area contributed by atoms with E-state index in [1.807, 2.05) is 0 Å². The van der Waals surface area contributed by atoms with Crippen LogP contribution in [0.4, 0.5) is 0 Å². The van der Waals surface area contributed by atoms with E-state index in [-0.39, 0.29) is 0 Å². The van der Waals surface area contributed by atoms with E-state index in [4.69, 9.17) is 4.74 Å². The van der Waals surface area contributed by atoms with Gasteiger partial charge in [-0.05, 0) is 25.2 Å². The summed E-state index contributed by atoms with van der Waals surface area (Å²) in [5.74, 6) is 0.932. The molecule has 0 aromatic heterocycles. The molecule has 12 heavy (non-hydrogen) atoms. The molecule has 1 aliphatic heterocycles. The van der Waals surface area contributed by atoms with Gasteiger partial charge in [-0.15, -0.1) is 0 Å². The summed E-state index contributed by atoms with van der Waals surface area (Å²) in [5, 5.41) is 0. The molecule has 3 rings (SSSR count). The van der Waals surface area contributed by atoms with Gasteiger partial charge in [-0.1, -0.05) is 6.42 Å². The first-order valence-electron chi connectivity index (χ1n) is 4.95. The molecule has 0 amide bonds. The quantitative estimate of drug-likeness (QED) is 0.550. The lowest BCUT2D eigenvalue weighted by molar-refractivity contribution is -0.195. The first-order valence-corrected chi connectivity index (χ1v) is 4.95. The van der Waals surface area contributed by atoms with E-state index < -0.39 is 0 Å². The van der Waals surface area contributed by atoms with Crippen LogP contribution in [0, 0.1) is 17.3 Å². The summed E-state index contributed by atoms with van der Waals surface area (Å²) in [6, 6.07) is 0. The number of carbonyl (C=O) groups excluding carboxylic acids is 1. The third kappa shape index (κ3) is 0.565. The highest BCUT2D eigenvalue weighted by Crippen LogP contribution is 2.65. The molecule has 1 saturated heterocycles. The summed E-state index contributed by atoms with van der Waals surface area (Å²) in [7, 11) is 0. The largest absolute Gasteiger partial charge is 0.377 e. The average Bonchev–Trinajstić information content (AvgIpc) is 2.32. The van der Waals surface area contributed by atoms with E-state index in [9.17, 15) is 4.79 Å². The van der Waals surface area contributed by atoms with Crippen molar-refractivity contribution in [1.29, 1.82) is 0 Å². The SMILES string of the molecule is O=C[C@@H]1[C@@H]2CCO[C@H]2C12CCC2. The highest BCUT2D eigenvalue weighted by atomic mass is 16.5. The van der Waals surface area contributed by atoms with Gasteiger partial charge in [-0.2, -0.15) is 0 Å². The van der Waals surface area contributed by atoms with Crippen molar-refractivity contribution >= 4 is 6.29 Å². The summed E-state index contributed by atoms with van der Waals surface area (Å²) in [4.78, 5) is 10.9. The average molecular weight is 166 g/mol. The van der Waals surface area contributed by atoms with Crippen molar-refractivity contribution in [2.24, 2.45) is 17.3 Å². The molecule has 0 unspecified atom stereocenters. The molecule has 1 spiro atoms. The van der Waals surface area contributed by atoms with Gasteiger partial charge in [-0.25, -0.2) is 0 Å². The molecule has 2 heteroatoms. The second kappa shape index (κ2) is 2.11. The zero-order chi connectivity index (χ0) is 8.18. The van der Waals surface area contributed by atoms with Crippen LogP contribution in [0.3, 0.4) is 0 Å². The van der Waals surface area contributed by atoms with Gasteiger partial charge in [0.05, 0.1) is 6.10 Å². The first-order chi connectivity index (χ1) is 5.88. The third-order valence-corrected chi connectivity index (χ3v) is 4.26. The molecule has 2 aliphatic carbocycles. The summed E-state index contributed by atoms with van der Waals surface area (Å²) in [6.07, 6.45) is 6.54. The van der Waals surface area contributed by atoms with Crippen LogP contribution in [0.2, 0.25) is 0 Å². The van der Waals surface area contributed by atoms with Gasteiger partial charge in [0.1, 0.15) is 6.29 Å². The Hall–Kier alpha value is -0.370. The van der Waals surface area contributed by atoms with Gasteiger partial charge in [0.15, 0.2) is 0 Å². The van der Waals surface area contributed by atoms with E-state index in [1.54, 1.807) is 0 Å². The molecular formula is C10H14O2. The van der Waals surface area contributed by atoms with Crippen molar-refractivity contribution in [2.45, 2.75) is 31.8 Å². The molecule has 2 saturated carbocycles. The molecule has 66 valence electrons. The second-order valence-corrected chi connectivity index (χ2v) is 4.49. The second-order valence-electron chi connectivity index (χ2n) is 4.49. The van der Waals surface area contributed by atoms with Crippen LogP contribution in [-0.2, 0) is 9.53 Å². The van der Waals surface area contributed by atoms with Crippen molar-refractivity contribution in [3.05, 3.63) is 0 Å². The van der Waals surface area contributed by atoms with Crippen LogP contribution in [0.1, 0.15) is 25.7 Å². The lowest BCUT2D eigenvalue weighted by Gasteiger charge is -2.61. The molecule has 0 N–H and O–H groups in total. The number of aldehydes is 1. The Balaban J connectivity index is 1.88. The van der Waals surface area contributed by atoms with E-state index >= 15 is 0 Å². The standard InChI is InChI=1S/C10H14O2/c11-6-8-7-2-5-12-9(7)10(8)3-1-4-10/h6-9H,1-5H2/t7-,8+,9+/m0/s1. The maximum absolute atomic E-state index is 10.9. The van der Waals surface area contributed by atoms with E-state index in [1.165, 1.54) is 25.5 Å². The molecule has 3 fully saturated rings. The predicted octanol–water partition coefficient (Wildman–Crippen LogP) is 1.39. The number of ether oxygens (including phenoxy) is 1. The van der Waals surface area contributed by atoms with Gasteiger partial charge in [0, 0.05) is 17.9 Å².